The number of likely N-dealkylation sites (N-methyl/N-ethyl adjacent to an activating group) is 1. The molecule has 296 valence electrons. The van der Waals surface area contributed by atoms with E-state index in [1.54, 1.807) is 47.2 Å². The quantitative estimate of drug-likeness (QED) is 0.104. The number of rotatable bonds is 10. The van der Waals surface area contributed by atoms with Gasteiger partial charge in [-0.15, -0.1) is 0 Å². The summed E-state index contributed by atoms with van der Waals surface area (Å²) in [5.74, 6) is 1.64. The van der Waals surface area contributed by atoms with Gasteiger partial charge >= 0.3 is 6.03 Å². The summed E-state index contributed by atoms with van der Waals surface area (Å²) in [6.45, 7) is 11.2. The van der Waals surface area contributed by atoms with E-state index < -0.39 is 6.03 Å². The average molecular weight is 754 g/mol. The van der Waals surface area contributed by atoms with Crippen LogP contribution in [0.25, 0.3) is 0 Å². The van der Waals surface area contributed by atoms with Gasteiger partial charge in [0.15, 0.2) is 0 Å². The average Bonchev–Trinajstić information content (AvgIpc) is 3.12. The molecule has 2 heterocycles. The molecule has 1 fully saturated rings. The summed E-state index contributed by atoms with van der Waals surface area (Å²) in [6, 6.07) is 16.4. The summed E-state index contributed by atoms with van der Waals surface area (Å²) in [5.41, 5.74) is 9.94. The second kappa shape index (κ2) is 18.0. The highest BCUT2D eigenvalue weighted by Crippen LogP contribution is 2.39. The maximum atomic E-state index is 13.7. The van der Waals surface area contributed by atoms with Crippen molar-refractivity contribution in [2.45, 2.75) is 97.6 Å². The lowest BCUT2D eigenvalue weighted by atomic mass is 9.85. The maximum absolute atomic E-state index is 13.7. The molecule has 1 saturated heterocycles. The standard InChI is InChI=1S/C42H59N9O4/c1-27-11-10-12-28(2)51(27)40(45)50-25-31(17-20-38(50)44)55-35-19-18-34(32-13-8-9-14-33(32)35)47-41(53)48-39(24-37(43)42(3,4)5)46-30-16-15-29(26-52)36(23-30)54-22-21-49(6)7/h8-9,13-17,20,23-25,27-28,34-35,44-45,52H,10-12,18-19,21-22,26,43H2,1-7H3,(H2,46,47,48,53). The van der Waals surface area contributed by atoms with E-state index in [2.05, 4.69) is 29.4 Å². The van der Waals surface area contributed by atoms with Gasteiger partial charge < -0.3 is 35.4 Å². The second-order valence-corrected chi connectivity index (χ2v) is 15.9. The third-order valence-electron chi connectivity index (χ3n) is 10.3. The Hall–Kier alpha value is -5.14. The van der Waals surface area contributed by atoms with Crippen LogP contribution in [0.4, 0.5) is 10.5 Å². The molecule has 3 aromatic rings. The van der Waals surface area contributed by atoms with Gasteiger partial charge in [0.25, 0.3) is 0 Å². The zero-order valence-electron chi connectivity index (χ0n) is 33.4. The fraction of sp³-hybridized carbons (Fsp3) is 0.476. The van der Waals surface area contributed by atoms with Crippen molar-refractivity contribution in [1.82, 2.24) is 25.0 Å². The van der Waals surface area contributed by atoms with E-state index in [4.69, 9.17) is 31.0 Å². The molecule has 2 amide bonds. The van der Waals surface area contributed by atoms with Crippen molar-refractivity contribution in [2.75, 3.05) is 27.2 Å². The molecular formula is C42H59N9O4. The molecule has 2 aliphatic rings. The minimum absolute atomic E-state index is 0.181. The summed E-state index contributed by atoms with van der Waals surface area (Å²) in [5, 5.41) is 33.6. The van der Waals surface area contributed by atoms with Gasteiger partial charge in [0, 0.05) is 47.4 Å². The fourth-order valence-corrected chi connectivity index (χ4v) is 7.00. The third kappa shape index (κ3) is 10.5. The number of hydrogen-bond donors (Lipinski definition) is 6. The number of fused-ring (bicyclic) bond motifs is 1. The minimum atomic E-state index is -0.433. The number of likely N-dealkylation sites (tertiary alicyclic amines) is 1. The fourth-order valence-electron chi connectivity index (χ4n) is 7.00. The van der Waals surface area contributed by atoms with Crippen molar-refractivity contribution in [3.05, 3.63) is 94.7 Å². The number of aromatic nitrogens is 1. The Morgan fingerprint density at radius 2 is 1.76 bits per heavy atom. The first-order valence-corrected chi connectivity index (χ1v) is 19.2. The molecular weight excluding hydrogens is 695 g/mol. The number of nitrogens with two attached hydrogens (primary N) is 1. The molecule has 1 aliphatic heterocycles. The van der Waals surface area contributed by atoms with E-state index in [1.807, 2.05) is 64.0 Å². The summed E-state index contributed by atoms with van der Waals surface area (Å²) >= 11 is 0. The largest absolute Gasteiger partial charge is 0.492 e. The number of piperidine rings is 1. The molecule has 5 rings (SSSR count). The van der Waals surface area contributed by atoms with E-state index >= 15 is 0 Å². The van der Waals surface area contributed by atoms with Crippen LogP contribution >= 0.6 is 0 Å². The zero-order chi connectivity index (χ0) is 39.9. The molecule has 4 unspecified atom stereocenters. The lowest BCUT2D eigenvalue weighted by Crippen LogP contribution is -2.51. The molecule has 55 heavy (non-hydrogen) atoms. The Kier molecular flexibility index (Phi) is 13.4. The van der Waals surface area contributed by atoms with E-state index in [9.17, 15) is 9.90 Å². The van der Waals surface area contributed by atoms with Gasteiger partial charge in [0.1, 0.15) is 35.5 Å². The normalized spacial score (nSPS) is 20.5. The Bertz CT molecular complexity index is 1940. The van der Waals surface area contributed by atoms with Crippen LogP contribution in [0, 0.1) is 16.2 Å². The number of carbonyl (C=O) groups excluding carboxylic acids is 1. The number of nitrogens with zero attached hydrogens (tertiary/aromatic N) is 4. The number of hydrogen-bond acceptors (Lipinski definition) is 9. The predicted molar refractivity (Wildman–Crippen MR) is 217 cm³/mol. The number of urea groups is 1. The Morgan fingerprint density at radius 3 is 2.44 bits per heavy atom. The molecule has 7 N–H and O–H groups in total. The lowest BCUT2D eigenvalue weighted by Gasteiger charge is -2.41. The number of benzene rings is 2. The molecule has 1 aliphatic carbocycles. The molecule has 0 bridgehead atoms. The number of aliphatic hydroxyl groups excluding tert-OH is 1. The molecule has 0 saturated carbocycles. The minimum Gasteiger partial charge on any atom is -0.492 e. The molecule has 2 aromatic carbocycles. The number of carbonyl (C=O) groups is 1. The van der Waals surface area contributed by atoms with E-state index in [1.165, 1.54) is 0 Å². The highest BCUT2D eigenvalue weighted by molar-refractivity contribution is 6.05. The number of pyridine rings is 1. The monoisotopic (exact) mass is 753 g/mol. The number of nitrogens with one attached hydrogen (secondary N) is 4. The van der Waals surface area contributed by atoms with Crippen molar-refractivity contribution >= 4 is 23.5 Å². The molecule has 13 heteroatoms. The smallest absolute Gasteiger partial charge is 0.320 e. The maximum Gasteiger partial charge on any atom is 0.320 e. The van der Waals surface area contributed by atoms with Gasteiger partial charge in [0.2, 0.25) is 5.96 Å². The van der Waals surface area contributed by atoms with E-state index in [0.29, 0.717) is 54.4 Å². The highest BCUT2D eigenvalue weighted by Gasteiger charge is 2.31. The van der Waals surface area contributed by atoms with Crippen molar-refractivity contribution in [3.63, 3.8) is 0 Å². The van der Waals surface area contributed by atoms with E-state index in [-0.39, 0.29) is 53.5 Å². The summed E-state index contributed by atoms with van der Waals surface area (Å²) in [6.07, 6.45) is 7.56. The summed E-state index contributed by atoms with van der Waals surface area (Å²) in [7, 11) is 3.92. The van der Waals surface area contributed by atoms with Crippen LogP contribution in [0.2, 0.25) is 0 Å². The van der Waals surface area contributed by atoms with Crippen molar-refractivity contribution in [3.8, 4) is 11.5 Å². The SMILES string of the molecule is CC1CCCC(C)N1C(=N)n1cc(OC2CCC(NC(=O)NC(C=C(N)C(C)(C)C)=Nc3ccc(CO)c(OCCN(C)C)c3)c3ccccc32)ccc1=N. The highest BCUT2D eigenvalue weighted by atomic mass is 16.5. The number of aliphatic imine (C=N–C) groups is 1. The summed E-state index contributed by atoms with van der Waals surface area (Å²) in [4.78, 5) is 22.6. The van der Waals surface area contributed by atoms with Gasteiger partial charge in [-0.3, -0.25) is 20.7 Å². The van der Waals surface area contributed by atoms with Crippen LogP contribution in [0.3, 0.4) is 0 Å². The number of amidine groups is 1. The first kappa shape index (κ1) is 41.0. The Labute approximate surface area is 325 Å². The van der Waals surface area contributed by atoms with E-state index in [0.717, 1.165) is 30.4 Å². The first-order valence-electron chi connectivity index (χ1n) is 19.2. The second-order valence-electron chi connectivity index (χ2n) is 15.9. The molecule has 13 nitrogen and oxygen atoms in total. The zero-order valence-corrected chi connectivity index (χ0v) is 33.4. The Morgan fingerprint density at radius 1 is 1.05 bits per heavy atom. The van der Waals surface area contributed by atoms with Crippen LogP contribution in [0.5, 0.6) is 11.5 Å². The van der Waals surface area contributed by atoms with Gasteiger partial charge in [-0.05, 0) is 89.4 Å². The lowest BCUT2D eigenvalue weighted by molar-refractivity contribution is 0.169. The van der Waals surface area contributed by atoms with Crippen molar-refractivity contribution in [1.29, 1.82) is 10.8 Å². The molecule has 0 spiro atoms. The van der Waals surface area contributed by atoms with Crippen LogP contribution in [-0.2, 0) is 6.61 Å². The van der Waals surface area contributed by atoms with Crippen LogP contribution < -0.4 is 31.3 Å². The third-order valence-corrected chi connectivity index (χ3v) is 10.3. The number of allylic oxidation sites excluding steroid dienone is 1. The van der Waals surface area contributed by atoms with Crippen LogP contribution in [-0.4, -0.2) is 76.6 Å². The summed E-state index contributed by atoms with van der Waals surface area (Å²) < 4.78 is 14.1. The molecule has 1 aromatic heterocycles. The van der Waals surface area contributed by atoms with Gasteiger partial charge in [-0.2, -0.15) is 0 Å². The predicted octanol–water partition coefficient (Wildman–Crippen LogP) is 6.32. The first-order chi connectivity index (χ1) is 26.1. The van der Waals surface area contributed by atoms with Gasteiger partial charge in [-0.1, -0.05) is 51.1 Å². The number of amides is 2. The van der Waals surface area contributed by atoms with Crippen LogP contribution in [0.15, 0.2) is 77.6 Å². The number of ether oxygens (including phenoxy) is 2. The van der Waals surface area contributed by atoms with Crippen molar-refractivity contribution in [2.24, 2.45) is 16.1 Å². The van der Waals surface area contributed by atoms with Gasteiger partial charge in [0.05, 0.1) is 24.5 Å². The molecule has 4 atom stereocenters. The Balaban J connectivity index is 1.34. The van der Waals surface area contributed by atoms with Crippen LogP contribution in [0.1, 0.15) is 95.6 Å². The number of aliphatic hydroxyl groups is 1. The van der Waals surface area contributed by atoms with Gasteiger partial charge in [-0.25, -0.2) is 9.79 Å². The molecule has 0 radical (unpaired) electrons. The van der Waals surface area contributed by atoms with Crippen molar-refractivity contribution < 1.29 is 19.4 Å². The topological polar surface area (TPSA) is 177 Å².